The van der Waals surface area contributed by atoms with Crippen molar-refractivity contribution in [3.8, 4) is 0 Å². The molecule has 1 aromatic carbocycles. The van der Waals surface area contributed by atoms with E-state index in [2.05, 4.69) is 48.6 Å². The molecule has 0 fully saturated rings. The lowest BCUT2D eigenvalue weighted by Gasteiger charge is -2.18. The van der Waals surface area contributed by atoms with Crippen molar-refractivity contribution in [2.45, 2.75) is 51.5 Å². The highest BCUT2D eigenvalue weighted by Crippen LogP contribution is 2.22. The molecule has 1 aliphatic rings. The van der Waals surface area contributed by atoms with Gasteiger partial charge in [0.05, 0.1) is 0 Å². The minimum Gasteiger partial charge on any atom is -0.310 e. The summed E-state index contributed by atoms with van der Waals surface area (Å²) in [6, 6.07) is 11.4. The molecule has 1 heteroatoms. The Balaban J connectivity index is 1.82. The molecule has 1 aromatic rings. The van der Waals surface area contributed by atoms with Crippen LogP contribution in [0.1, 0.15) is 57.1 Å². The van der Waals surface area contributed by atoms with Gasteiger partial charge in [-0.1, -0.05) is 55.3 Å². The highest BCUT2D eigenvalue weighted by atomic mass is 14.9. The molecule has 0 radical (unpaired) electrons. The van der Waals surface area contributed by atoms with E-state index in [0.29, 0.717) is 6.04 Å². The molecule has 0 saturated carbocycles. The molecule has 0 aromatic heterocycles. The standard InChI is InChI=1S/C17H25N/c1-2-8-17(16-11-4-3-5-12-16)18-14-13-15-9-6-7-10-15/h3-5,9,11-12,17-18H,2,6-8,10,13-14H2,1H3. The van der Waals surface area contributed by atoms with Gasteiger partial charge < -0.3 is 5.32 Å². The van der Waals surface area contributed by atoms with Crippen LogP contribution in [0.25, 0.3) is 0 Å². The third kappa shape index (κ3) is 3.99. The van der Waals surface area contributed by atoms with E-state index in [9.17, 15) is 0 Å². The lowest BCUT2D eigenvalue weighted by Crippen LogP contribution is -2.22. The summed E-state index contributed by atoms with van der Waals surface area (Å²) in [7, 11) is 0. The number of hydrogen-bond donors (Lipinski definition) is 1. The molecule has 0 saturated heterocycles. The molecule has 1 atom stereocenters. The predicted molar refractivity (Wildman–Crippen MR) is 78.6 cm³/mol. The van der Waals surface area contributed by atoms with E-state index in [1.807, 2.05) is 0 Å². The van der Waals surface area contributed by atoms with Crippen molar-refractivity contribution in [3.63, 3.8) is 0 Å². The molecule has 0 heterocycles. The SMILES string of the molecule is CCCC(NCCC1=CCCC1)c1ccccc1. The number of hydrogen-bond acceptors (Lipinski definition) is 1. The first kappa shape index (κ1) is 13.4. The third-order valence-corrected chi connectivity index (χ3v) is 3.75. The van der Waals surface area contributed by atoms with E-state index in [0.717, 1.165) is 6.54 Å². The van der Waals surface area contributed by atoms with Gasteiger partial charge in [-0.25, -0.2) is 0 Å². The van der Waals surface area contributed by atoms with E-state index in [-0.39, 0.29) is 0 Å². The molecular weight excluding hydrogens is 218 g/mol. The van der Waals surface area contributed by atoms with Crippen molar-refractivity contribution in [1.82, 2.24) is 5.32 Å². The quantitative estimate of drug-likeness (QED) is 0.689. The summed E-state index contributed by atoms with van der Waals surface area (Å²) < 4.78 is 0. The summed E-state index contributed by atoms with van der Waals surface area (Å²) in [6.07, 6.45) is 10.1. The van der Waals surface area contributed by atoms with E-state index < -0.39 is 0 Å². The van der Waals surface area contributed by atoms with Crippen LogP contribution in [0.4, 0.5) is 0 Å². The zero-order valence-electron chi connectivity index (χ0n) is 11.5. The smallest absolute Gasteiger partial charge is 0.0320 e. The van der Waals surface area contributed by atoms with Gasteiger partial charge in [-0.3, -0.25) is 0 Å². The van der Waals surface area contributed by atoms with Gasteiger partial charge in [0, 0.05) is 6.04 Å². The fourth-order valence-electron chi connectivity index (χ4n) is 2.73. The van der Waals surface area contributed by atoms with Crippen LogP contribution in [0.5, 0.6) is 0 Å². The fourth-order valence-corrected chi connectivity index (χ4v) is 2.73. The van der Waals surface area contributed by atoms with Crippen molar-refractivity contribution in [1.29, 1.82) is 0 Å². The van der Waals surface area contributed by atoms with E-state index in [1.54, 1.807) is 5.57 Å². The van der Waals surface area contributed by atoms with Crippen LogP contribution in [0.15, 0.2) is 42.0 Å². The highest BCUT2D eigenvalue weighted by molar-refractivity contribution is 5.19. The van der Waals surface area contributed by atoms with Crippen LogP contribution in [0, 0.1) is 0 Å². The summed E-state index contributed by atoms with van der Waals surface area (Å²) in [6.45, 7) is 3.38. The number of rotatable bonds is 7. The van der Waals surface area contributed by atoms with Crippen molar-refractivity contribution in [3.05, 3.63) is 47.5 Å². The summed E-state index contributed by atoms with van der Waals surface area (Å²) in [4.78, 5) is 0. The number of allylic oxidation sites excluding steroid dienone is 1. The lowest BCUT2D eigenvalue weighted by atomic mass is 10.0. The van der Waals surface area contributed by atoms with Gasteiger partial charge in [0.25, 0.3) is 0 Å². The average Bonchev–Trinajstić information content (AvgIpc) is 2.92. The summed E-state index contributed by atoms with van der Waals surface area (Å²) in [5.41, 5.74) is 3.09. The molecule has 2 rings (SSSR count). The van der Waals surface area contributed by atoms with Crippen LogP contribution in [-0.2, 0) is 0 Å². The van der Waals surface area contributed by atoms with Gasteiger partial charge >= 0.3 is 0 Å². The summed E-state index contributed by atoms with van der Waals surface area (Å²) >= 11 is 0. The van der Waals surface area contributed by atoms with E-state index in [4.69, 9.17) is 0 Å². The van der Waals surface area contributed by atoms with Gasteiger partial charge in [0.1, 0.15) is 0 Å². The van der Waals surface area contributed by atoms with Gasteiger partial charge in [0.2, 0.25) is 0 Å². The van der Waals surface area contributed by atoms with Gasteiger partial charge in [0.15, 0.2) is 0 Å². The van der Waals surface area contributed by atoms with Crippen molar-refractivity contribution < 1.29 is 0 Å². The Bertz CT molecular complexity index is 366. The first-order chi connectivity index (χ1) is 8.90. The largest absolute Gasteiger partial charge is 0.310 e. The second-order valence-corrected chi connectivity index (χ2v) is 5.21. The summed E-state index contributed by atoms with van der Waals surface area (Å²) in [5, 5.41) is 3.72. The fraction of sp³-hybridized carbons (Fsp3) is 0.529. The van der Waals surface area contributed by atoms with Gasteiger partial charge in [-0.15, -0.1) is 0 Å². The first-order valence-electron chi connectivity index (χ1n) is 7.36. The van der Waals surface area contributed by atoms with Crippen LogP contribution >= 0.6 is 0 Å². The monoisotopic (exact) mass is 243 g/mol. The van der Waals surface area contributed by atoms with Crippen molar-refractivity contribution >= 4 is 0 Å². The molecule has 0 amide bonds. The Morgan fingerprint density at radius 3 is 2.72 bits per heavy atom. The number of benzene rings is 1. The van der Waals surface area contributed by atoms with Crippen molar-refractivity contribution in [2.75, 3.05) is 6.54 Å². The van der Waals surface area contributed by atoms with E-state index >= 15 is 0 Å². The molecule has 98 valence electrons. The Morgan fingerprint density at radius 2 is 2.06 bits per heavy atom. The molecule has 1 nitrogen and oxygen atoms in total. The predicted octanol–water partition coefficient (Wildman–Crippen LogP) is 4.62. The molecule has 1 aliphatic carbocycles. The minimum absolute atomic E-state index is 0.526. The Hall–Kier alpha value is -1.08. The minimum atomic E-state index is 0.526. The molecule has 1 unspecified atom stereocenters. The summed E-state index contributed by atoms with van der Waals surface area (Å²) in [5.74, 6) is 0. The maximum absolute atomic E-state index is 3.72. The average molecular weight is 243 g/mol. The zero-order valence-corrected chi connectivity index (χ0v) is 11.5. The molecule has 1 N–H and O–H groups in total. The maximum Gasteiger partial charge on any atom is 0.0320 e. The van der Waals surface area contributed by atoms with Crippen LogP contribution < -0.4 is 5.32 Å². The molecule has 0 spiro atoms. The third-order valence-electron chi connectivity index (χ3n) is 3.75. The Morgan fingerprint density at radius 1 is 1.22 bits per heavy atom. The normalized spacial score (nSPS) is 16.6. The zero-order chi connectivity index (χ0) is 12.6. The Kier molecular flexibility index (Phi) is 5.47. The number of nitrogens with one attached hydrogen (secondary N) is 1. The highest BCUT2D eigenvalue weighted by Gasteiger charge is 2.10. The topological polar surface area (TPSA) is 12.0 Å². The molecule has 18 heavy (non-hydrogen) atoms. The molecular formula is C17H25N. The van der Waals surface area contributed by atoms with Crippen molar-refractivity contribution in [2.24, 2.45) is 0 Å². The first-order valence-corrected chi connectivity index (χ1v) is 7.36. The van der Waals surface area contributed by atoms with E-state index in [1.165, 1.54) is 44.1 Å². The second kappa shape index (κ2) is 7.38. The molecule has 0 aliphatic heterocycles. The second-order valence-electron chi connectivity index (χ2n) is 5.21. The van der Waals surface area contributed by atoms with Crippen LogP contribution in [0.3, 0.4) is 0 Å². The van der Waals surface area contributed by atoms with Crippen LogP contribution in [0.2, 0.25) is 0 Å². The van der Waals surface area contributed by atoms with Crippen LogP contribution in [-0.4, -0.2) is 6.54 Å². The Labute approximate surface area is 111 Å². The lowest BCUT2D eigenvalue weighted by molar-refractivity contribution is 0.496. The molecule has 0 bridgehead atoms. The maximum atomic E-state index is 3.72. The van der Waals surface area contributed by atoms with Gasteiger partial charge in [-0.2, -0.15) is 0 Å². The van der Waals surface area contributed by atoms with Gasteiger partial charge in [-0.05, 0) is 44.2 Å².